The van der Waals surface area contributed by atoms with Crippen LogP contribution in [0.1, 0.15) is 24.3 Å². The zero-order chi connectivity index (χ0) is 13.4. The Kier molecular flexibility index (Phi) is 2.67. The molecule has 1 unspecified atom stereocenters. The molecular formula is C14H13N3O2. The highest BCUT2D eigenvalue weighted by Crippen LogP contribution is 2.30. The molecule has 5 heteroatoms. The highest BCUT2D eigenvalue weighted by molar-refractivity contribution is 6.02. The average Bonchev–Trinajstić information content (AvgIpc) is 2.38. The van der Waals surface area contributed by atoms with Crippen molar-refractivity contribution in [3.05, 3.63) is 36.0 Å². The van der Waals surface area contributed by atoms with Gasteiger partial charge in [0.1, 0.15) is 0 Å². The van der Waals surface area contributed by atoms with Crippen molar-refractivity contribution in [1.29, 1.82) is 0 Å². The molecule has 96 valence electrons. The molecule has 0 saturated carbocycles. The van der Waals surface area contributed by atoms with Crippen LogP contribution in [0.3, 0.4) is 0 Å². The minimum Gasteiger partial charge on any atom is -0.399 e. The lowest BCUT2D eigenvalue weighted by Crippen LogP contribution is -2.39. The van der Waals surface area contributed by atoms with Gasteiger partial charge in [0, 0.05) is 23.7 Å². The van der Waals surface area contributed by atoms with E-state index in [1.807, 2.05) is 18.2 Å². The molecule has 3 N–H and O–H groups in total. The fraction of sp³-hybridized carbons (Fsp3) is 0.214. The zero-order valence-electron chi connectivity index (χ0n) is 10.2. The lowest BCUT2D eigenvalue weighted by atomic mass is 9.88. The number of piperidine rings is 1. The molecule has 1 aliphatic rings. The lowest BCUT2D eigenvalue weighted by Gasteiger charge is -2.22. The summed E-state index contributed by atoms with van der Waals surface area (Å²) in [5.74, 6) is -0.768. The van der Waals surface area contributed by atoms with Gasteiger partial charge < -0.3 is 5.73 Å². The van der Waals surface area contributed by atoms with Gasteiger partial charge in [-0.2, -0.15) is 0 Å². The van der Waals surface area contributed by atoms with Crippen LogP contribution in [0.4, 0.5) is 5.69 Å². The van der Waals surface area contributed by atoms with Crippen LogP contribution in [0.5, 0.6) is 0 Å². The van der Waals surface area contributed by atoms with Crippen molar-refractivity contribution in [3.63, 3.8) is 0 Å². The van der Waals surface area contributed by atoms with Gasteiger partial charge in [-0.15, -0.1) is 0 Å². The molecule has 0 aliphatic carbocycles. The lowest BCUT2D eigenvalue weighted by molar-refractivity contribution is -0.134. The molecular weight excluding hydrogens is 242 g/mol. The first-order valence-corrected chi connectivity index (χ1v) is 6.13. The number of hydrogen-bond acceptors (Lipinski definition) is 4. The summed E-state index contributed by atoms with van der Waals surface area (Å²) in [6.45, 7) is 0. The SMILES string of the molecule is Nc1ccc2nccc(C3CCC(=O)NC3=O)c2c1. The first-order valence-electron chi connectivity index (χ1n) is 6.13. The molecule has 0 spiro atoms. The minimum atomic E-state index is -0.315. The number of aromatic nitrogens is 1. The van der Waals surface area contributed by atoms with Gasteiger partial charge >= 0.3 is 0 Å². The van der Waals surface area contributed by atoms with E-state index < -0.39 is 0 Å². The fourth-order valence-electron chi connectivity index (χ4n) is 2.48. The summed E-state index contributed by atoms with van der Waals surface area (Å²) in [7, 11) is 0. The maximum Gasteiger partial charge on any atom is 0.234 e. The van der Waals surface area contributed by atoms with Gasteiger partial charge in [0.2, 0.25) is 11.8 Å². The van der Waals surface area contributed by atoms with E-state index in [1.165, 1.54) is 0 Å². The predicted octanol–water partition coefficient (Wildman–Crippen LogP) is 1.34. The number of amides is 2. The van der Waals surface area contributed by atoms with E-state index in [-0.39, 0.29) is 17.7 Å². The third-order valence-electron chi connectivity index (χ3n) is 3.41. The number of hydrogen-bond donors (Lipinski definition) is 2. The van der Waals surface area contributed by atoms with Crippen LogP contribution in [0.15, 0.2) is 30.5 Å². The highest BCUT2D eigenvalue weighted by Gasteiger charge is 2.29. The van der Waals surface area contributed by atoms with Gasteiger partial charge in [-0.05, 0) is 36.2 Å². The number of nitrogen functional groups attached to an aromatic ring is 1. The van der Waals surface area contributed by atoms with Crippen molar-refractivity contribution < 1.29 is 9.59 Å². The van der Waals surface area contributed by atoms with Crippen molar-refractivity contribution >= 4 is 28.4 Å². The number of benzene rings is 1. The van der Waals surface area contributed by atoms with E-state index in [1.54, 1.807) is 12.3 Å². The summed E-state index contributed by atoms with van der Waals surface area (Å²) in [6, 6.07) is 7.26. The molecule has 1 atom stereocenters. The summed E-state index contributed by atoms with van der Waals surface area (Å²) >= 11 is 0. The van der Waals surface area contributed by atoms with Crippen molar-refractivity contribution in [2.75, 3.05) is 5.73 Å². The normalized spacial score (nSPS) is 19.5. The molecule has 1 aromatic heterocycles. The Bertz CT molecular complexity index is 681. The first kappa shape index (κ1) is 11.6. The summed E-state index contributed by atoms with van der Waals surface area (Å²) in [6.07, 6.45) is 2.57. The Hall–Kier alpha value is -2.43. The molecule has 5 nitrogen and oxygen atoms in total. The summed E-state index contributed by atoms with van der Waals surface area (Å²) < 4.78 is 0. The summed E-state index contributed by atoms with van der Waals surface area (Å²) in [5, 5.41) is 3.25. The minimum absolute atomic E-state index is 0.209. The van der Waals surface area contributed by atoms with Crippen LogP contribution in [-0.4, -0.2) is 16.8 Å². The number of carbonyl (C=O) groups is 2. The number of pyridine rings is 1. The molecule has 0 radical (unpaired) electrons. The Balaban J connectivity index is 2.12. The molecule has 1 aromatic carbocycles. The van der Waals surface area contributed by atoms with Crippen molar-refractivity contribution in [2.45, 2.75) is 18.8 Å². The number of nitrogens with zero attached hydrogens (tertiary/aromatic N) is 1. The Morgan fingerprint density at radius 3 is 2.89 bits per heavy atom. The second kappa shape index (κ2) is 4.35. The van der Waals surface area contributed by atoms with Gasteiger partial charge in [-0.1, -0.05) is 0 Å². The van der Waals surface area contributed by atoms with E-state index in [9.17, 15) is 9.59 Å². The second-order valence-corrected chi connectivity index (χ2v) is 4.68. The molecule has 2 amide bonds. The summed E-state index contributed by atoms with van der Waals surface area (Å²) in [4.78, 5) is 27.4. The smallest absolute Gasteiger partial charge is 0.234 e. The molecule has 1 fully saturated rings. The number of nitrogens with one attached hydrogen (secondary N) is 1. The van der Waals surface area contributed by atoms with Crippen molar-refractivity contribution in [3.8, 4) is 0 Å². The van der Waals surface area contributed by atoms with Crippen molar-refractivity contribution in [2.24, 2.45) is 0 Å². The van der Waals surface area contributed by atoms with Crippen LogP contribution in [0.25, 0.3) is 10.9 Å². The average molecular weight is 255 g/mol. The highest BCUT2D eigenvalue weighted by atomic mass is 16.2. The van der Waals surface area contributed by atoms with Crippen LogP contribution < -0.4 is 11.1 Å². The Morgan fingerprint density at radius 1 is 1.26 bits per heavy atom. The first-order chi connectivity index (χ1) is 9.15. The van der Waals surface area contributed by atoms with Crippen LogP contribution in [0, 0.1) is 0 Å². The van der Waals surface area contributed by atoms with E-state index >= 15 is 0 Å². The monoisotopic (exact) mass is 255 g/mol. The van der Waals surface area contributed by atoms with E-state index in [0.717, 1.165) is 16.5 Å². The zero-order valence-corrected chi connectivity index (χ0v) is 10.2. The second-order valence-electron chi connectivity index (χ2n) is 4.68. The molecule has 2 aromatic rings. The maximum absolute atomic E-state index is 12.0. The molecule has 19 heavy (non-hydrogen) atoms. The number of carbonyl (C=O) groups excluding carboxylic acids is 2. The summed E-state index contributed by atoms with van der Waals surface area (Å²) in [5.41, 5.74) is 8.11. The Morgan fingerprint density at radius 2 is 2.11 bits per heavy atom. The van der Waals surface area contributed by atoms with Gasteiger partial charge in [0.25, 0.3) is 0 Å². The van der Waals surface area contributed by atoms with Crippen LogP contribution in [0.2, 0.25) is 0 Å². The van der Waals surface area contributed by atoms with Crippen molar-refractivity contribution in [1.82, 2.24) is 10.3 Å². The van der Waals surface area contributed by atoms with Crippen LogP contribution in [-0.2, 0) is 9.59 Å². The standard InChI is InChI=1S/C14H13N3O2/c15-8-1-3-12-11(7-8)9(5-6-16-12)10-2-4-13(18)17-14(10)19/h1,3,5-7,10H,2,4,15H2,(H,17,18,19). The number of anilines is 1. The molecule has 2 heterocycles. The third kappa shape index (κ3) is 2.03. The Labute approximate surface area is 109 Å². The number of nitrogens with two attached hydrogens (primary N) is 1. The number of fused-ring (bicyclic) bond motifs is 1. The molecule has 1 aliphatic heterocycles. The fourth-order valence-corrected chi connectivity index (χ4v) is 2.48. The number of imide groups is 1. The molecule has 3 rings (SSSR count). The third-order valence-corrected chi connectivity index (χ3v) is 3.41. The molecule has 1 saturated heterocycles. The van der Waals surface area contributed by atoms with Gasteiger partial charge in [0.05, 0.1) is 11.4 Å². The van der Waals surface area contributed by atoms with Gasteiger partial charge in [-0.25, -0.2) is 0 Å². The predicted molar refractivity (Wildman–Crippen MR) is 71.3 cm³/mol. The van der Waals surface area contributed by atoms with E-state index in [0.29, 0.717) is 18.5 Å². The van der Waals surface area contributed by atoms with Crippen LogP contribution >= 0.6 is 0 Å². The number of rotatable bonds is 1. The van der Waals surface area contributed by atoms with E-state index in [2.05, 4.69) is 10.3 Å². The van der Waals surface area contributed by atoms with Gasteiger partial charge in [-0.3, -0.25) is 19.9 Å². The quantitative estimate of drug-likeness (QED) is 0.594. The molecule has 0 bridgehead atoms. The van der Waals surface area contributed by atoms with Gasteiger partial charge in [0.15, 0.2) is 0 Å². The topological polar surface area (TPSA) is 85.1 Å². The van der Waals surface area contributed by atoms with E-state index in [4.69, 9.17) is 5.73 Å². The largest absolute Gasteiger partial charge is 0.399 e. The maximum atomic E-state index is 12.0.